The topological polar surface area (TPSA) is 36.0 Å². The Morgan fingerprint density at radius 1 is 1.70 bits per heavy atom. The van der Waals surface area contributed by atoms with Crippen molar-refractivity contribution in [3.05, 3.63) is 23.0 Å². The van der Waals surface area contributed by atoms with E-state index in [4.69, 9.17) is 17.3 Å². The molecule has 0 fully saturated rings. The average Bonchev–Trinajstić information content (AvgIpc) is 1.94. The average molecular weight is 173 g/mol. The lowest BCUT2D eigenvalue weighted by atomic mass is 10.5. The second-order valence-electron chi connectivity index (χ2n) is 1.64. The Balaban J connectivity index is 2.92. The van der Waals surface area contributed by atoms with Gasteiger partial charge in [-0.25, -0.2) is 0 Å². The lowest BCUT2D eigenvalue weighted by molar-refractivity contribution is 0.375. The highest BCUT2D eigenvalue weighted by Gasteiger charge is 1.91. The number of aromatic nitrogens is 1. The van der Waals surface area contributed by atoms with Crippen molar-refractivity contribution in [3.63, 3.8) is 0 Å². The van der Waals surface area contributed by atoms with E-state index in [0.717, 1.165) is 4.90 Å². The molecule has 0 aliphatic rings. The SMILES string of the molecule is OCSc1ccc[nH]c1=S. The Morgan fingerprint density at radius 3 is 3.10 bits per heavy atom. The molecular weight excluding hydrogens is 166 g/mol. The fraction of sp³-hybridized carbons (Fsp3) is 0.167. The van der Waals surface area contributed by atoms with E-state index in [-0.39, 0.29) is 5.94 Å². The zero-order valence-corrected chi connectivity index (χ0v) is 6.84. The molecule has 1 aromatic rings. The first-order chi connectivity index (χ1) is 4.84. The van der Waals surface area contributed by atoms with E-state index in [0.29, 0.717) is 4.64 Å². The maximum absolute atomic E-state index is 8.55. The summed E-state index contributed by atoms with van der Waals surface area (Å²) in [5.74, 6) is 0.0709. The molecule has 0 aliphatic heterocycles. The maximum atomic E-state index is 8.55. The largest absolute Gasteiger partial charge is 0.385 e. The molecule has 0 saturated carbocycles. The number of thioether (sulfide) groups is 1. The van der Waals surface area contributed by atoms with Crippen LogP contribution in [-0.4, -0.2) is 16.0 Å². The number of aliphatic hydroxyl groups excluding tert-OH is 1. The van der Waals surface area contributed by atoms with Gasteiger partial charge in [-0.15, -0.1) is 0 Å². The molecule has 0 saturated heterocycles. The Labute approximate surface area is 68.3 Å². The highest BCUT2D eigenvalue weighted by Crippen LogP contribution is 2.15. The first-order valence-corrected chi connectivity index (χ1v) is 4.15. The summed E-state index contributed by atoms with van der Waals surface area (Å²) in [7, 11) is 0. The molecule has 2 N–H and O–H groups in total. The molecule has 0 radical (unpaired) electrons. The quantitative estimate of drug-likeness (QED) is 0.406. The first kappa shape index (κ1) is 7.78. The van der Waals surface area contributed by atoms with E-state index in [9.17, 15) is 0 Å². The van der Waals surface area contributed by atoms with Gasteiger partial charge in [0.2, 0.25) is 0 Å². The summed E-state index contributed by atoms with van der Waals surface area (Å²) in [6.45, 7) is 0. The summed E-state index contributed by atoms with van der Waals surface area (Å²) in [6, 6.07) is 3.73. The smallest absolute Gasteiger partial charge is 0.117 e. The predicted molar refractivity (Wildman–Crippen MR) is 44.6 cm³/mol. The van der Waals surface area contributed by atoms with Crippen LogP contribution in [0.2, 0.25) is 0 Å². The van der Waals surface area contributed by atoms with Crippen LogP contribution in [0.15, 0.2) is 23.2 Å². The Hall–Kier alpha value is -0.320. The van der Waals surface area contributed by atoms with Crippen LogP contribution in [0.5, 0.6) is 0 Å². The third-order valence-electron chi connectivity index (χ3n) is 1.00. The summed E-state index contributed by atoms with van der Waals surface area (Å²) in [6.07, 6.45) is 1.77. The number of H-pyrrole nitrogens is 1. The maximum Gasteiger partial charge on any atom is 0.117 e. The van der Waals surface area contributed by atoms with Crippen LogP contribution in [0.1, 0.15) is 0 Å². The number of nitrogens with one attached hydrogen (secondary N) is 1. The van der Waals surface area contributed by atoms with Gasteiger partial charge in [0, 0.05) is 11.1 Å². The molecular formula is C6H7NOS2. The van der Waals surface area contributed by atoms with Crippen molar-refractivity contribution in [2.75, 3.05) is 5.94 Å². The molecule has 4 heteroatoms. The lowest BCUT2D eigenvalue weighted by Crippen LogP contribution is -1.78. The monoisotopic (exact) mass is 173 g/mol. The van der Waals surface area contributed by atoms with Gasteiger partial charge in [0.1, 0.15) is 4.64 Å². The van der Waals surface area contributed by atoms with Crippen LogP contribution in [0.3, 0.4) is 0 Å². The molecule has 54 valence electrons. The Bertz CT molecular complexity index is 258. The van der Waals surface area contributed by atoms with Crippen LogP contribution in [0.25, 0.3) is 0 Å². The predicted octanol–water partition coefficient (Wildman–Crippen LogP) is 1.79. The molecule has 0 bridgehead atoms. The molecule has 0 atom stereocenters. The molecule has 0 aliphatic carbocycles. The van der Waals surface area contributed by atoms with Gasteiger partial charge in [-0.3, -0.25) is 0 Å². The molecule has 0 amide bonds. The third kappa shape index (κ3) is 1.83. The van der Waals surface area contributed by atoms with Crippen molar-refractivity contribution in [1.29, 1.82) is 0 Å². The van der Waals surface area contributed by atoms with Gasteiger partial charge >= 0.3 is 0 Å². The minimum absolute atomic E-state index is 0.0709. The van der Waals surface area contributed by atoms with Crippen LogP contribution < -0.4 is 0 Å². The normalized spacial score (nSPS) is 9.70. The summed E-state index contributed by atoms with van der Waals surface area (Å²) < 4.78 is 0.682. The number of pyridine rings is 1. The van der Waals surface area contributed by atoms with Crippen molar-refractivity contribution in [1.82, 2.24) is 4.98 Å². The van der Waals surface area contributed by atoms with Gasteiger partial charge in [0.25, 0.3) is 0 Å². The number of hydrogen-bond donors (Lipinski definition) is 2. The van der Waals surface area contributed by atoms with Crippen molar-refractivity contribution in [2.24, 2.45) is 0 Å². The number of aliphatic hydroxyl groups is 1. The van der Waals surface area contributed by atoms with Gasteiger partial charge in [-0.05, 0) is 12.1 Å². The van der Waals surface area contributed by atoms with Crippen molar-refractivity contribution < 1.29 is 5.11 Å². The summed E-state index contributed by atoms with van der Waals surface area (Å²) in [5, 5.41) is 8.55. The molecule has 0 aromatic carbocycles. The van der Waals surface area contributed by atoms with Gasteiger partial charge in [0.15, 0.2) is 0 Å². The highest BCUT2D eigenvalue weighted by atomic mass is 32.2. The Kier molecular flexibility index (Phi) is 2.92. The van der Waals surface area contributed by atoms with Crippen molar-refractivity contribution >= 4 is 24.0 Å². The van der Waals surface area contributed by atoms with Crippen LogP contribution in [-0.2, 0) is 0 Å². The molecule has 0 unspecified atom stereocenters. The van der Waals surface area contributed by atoms with E-state index >= 15 is 0 Å². The molecule has 1 rings (SSSR count). The second kappa shape index (κ2) is 3.75. The summed E-state index contributed by atoms with van der Waals surface area (Å²) in [4.78, 5) is 3.78. The number of hydrogen-bond acceptors (Lipinski definition) is 3. The van der Waals surface area contributed by atoms with Gasteiger partial charge in [-0.2, -0.15) is 0 Å². The molecule has 2 nitrogen and oxygen atoms in total. The summed E-state index contributed by atoms with van der Waals surface area (Å²) >= 11 is 6.25. The first-order valence-electron chi connectivity index (χ1n) is 2.76. The highest BCUT2D eigenvalue weighted by molar-refractivity contribution is 7.99. The van der Waals surface area contributed by atoms with Crippen molar-refractivity contribution in [2.45, 2.75) is 4.90 Å². The van der Waals surface area contributed by atoms with E-state index in [1.807, 2.05) is 12.1 Å². The van der Waals surface area contributed by atoms with Crippen LogP contribution in [0, 0.1) is 4.64 Å². The van der Waals surface area contributed by atoms with E-state index in [1.165, 1.54) is 11.8 Å². The lowest BCUT2D eigenvalue weighted by Gasteiger charge is -1.94. The van der Waals surface area contributed by atoms with E-state index < -0.39 is 0 Å². The van der Waals surface area contributed by atoms with Gasteiger partial charge in [0.05, 0.1) is 5.94 Å². The van der Waals surface area contributed by atoms with Crippen LogP contribution in [0.4, 0.5) is 0 Å². The standard InChI is InChI=1S/C6H7NOS2/c8-4-10-5-2-1-3-7-6(5)9/h1-3,8H,4H2,(H,7,9). The number of rotatable bonds is 2. The molecule has 1 heterocycles. The zero-order valence-electron chi connectivity index (χ0n) is 5.20. The molecule has 0 spiro atoms. The number of aromatic amines is 1. The second-order valence-corrected chi connectivity index (χ2v) is 3.03. The van der Waals surface area contributed by atoms with E-state index in [1.54, 1.807) is 6.20 Å². The minimum atomic E-state index is 0.0709. The Morgan fingerprint density at radius 2 is 2.50 bits per heavy atom. The zero-order chi connectivity index (χ0) is 7.40. The van der Waals surface area contributed by atoms with Crippen LogP contribution >= 0.6 is 24.0 Å². The van der Waals surface area contributed by atoms with Crippen molar-refractivity contribution in [3.8, 4) is 0 Å². The van der Waals surface area contributed by atoms with Gasteiger partial charge in [-0.1, -0.05) is 24.0 Å². The molecule has 10 heavy (non-hydrogen) atoms. The van der Waals surface area contributed by atoms with Gasteiger partial charge < -0.3 is 10.1 Å². The fourth-order valence-corrected chi connectivity index (χ4v) is 1.41. The summed E-state index contributed by atoms with van der Waals surface area (Å²) in [5.41, 5.74) is 0. The van der Waals surface area contributed by atoms with E-state index in [2.05, 4.69) is 4.98 Å². The minimum Gasteiger partial charge on any atom is -0.385 e. The molecule has 1 aromatic heterocycles. The third-order valence-corrected chi connectivity index (χ3v) is 2.25. The fourth-order valence-electron chi connectivity index (χ4n) is 0.589.